The van der Waals surface area contributed by atoms with Gasteiger partial charge in [-0.05, 0) is 0 Å². The lowest BCUT2D eigenvalue weighted by Gasteiger charge is -2.40. The van der Waals surface area contributed by atoms with Gasteiger partial charge >= 0.3 is 0 Å². The lowest BCUT2D eigenvalue weighted by molar-refractivity contribution is 0.428. The summed E-state index contributed by atoms with van der Waals surface area (Å²) in [6, 6.07) is 0. The van der Waals surface area contributed by atoms with E-state index in [9.17, 15) is 0 Å². The fraction of sp³-hybridized carbons (Fsp3) is 0.714. The Hall–Kier alpha value is -0.330. The van der Waals surface area contributed by atoms with Gasteiger partial charge in [0.25, 0.3) is 0 Å². The van der Waals surface area contributed by atoms with Crippen LogP contribution in [0.3, 0.4) is 0 Å². The van der Waals surface area contributed by atoms with Crippen LogP contribution >= 0.6 is 17.7 Å². The standard InChI is InChI=1S/C14H28N5PS2/c1-7-18(8-2)20(21,19(9-3)10-4)13-11-15-14(22-13)16-12-17(5)6/h11-12H,7-10H2,1-6H3/b16-12+. The first kappa shape index (κ1) is 19.7. The van der Waals surface area contributed by atoms with E-state index < -0.39 is 6.34 Å². The zero-order chi connectivity index (χ0) is 16.8. The average molecular weight is 362 g/mol. The summed E-state index contributed by atoms with van der Waals surface area (Å²) in [4.78, 5) is 10.8. The monoisotopic (exact) mass is 361 g/mol. The highest BCUT2D eigenvalue weighted by Crippen LogP contribution is 2.53. The first-order valence-electron chi connectivity index (χ1n) is 7.71. The lowest BCUT2D eigenvalue weighted by atomic mass is 10.7. The maximum absolute atomic E-state index is 6.23. The molecule has 0 saturated heterocycles. The molecule has 0 N–H and O–H groups in total. The summed E-state index contributed by atoms with van der Waals surface area (Å²) in [6.45, 7) is 12.6. The maximum Gasteiger partial charge on any atom is 0.211 e. The molecule has 0 radical (unpaired) electrons. The SMILES string of the molecule is CCN(CC)P(=S)(c1cnc(/N=C/N(C)C)s1)N(CC)CC. The van der Waals surface area contributed by atoms with Gasteiger partial charge in [-0.15, -0.1) is 0 Å². The molecule has 22 heavy (non-hydrogen) atoms. The van der Waals surface area contributed by atoms with Gasteiger partial charge in [0, 0.05) is 40.3 Å². The molecule has 126 valence electrons. The maximum atomic E-state index is 6.23. The van der Waals surface area contributed by atoms with E-state index in [0.29, 0.717) is 0 Å². The van der Waals surface area contributed by atoms with Gasteiger partial charge in [-0.3, -0.25) is 9.34 Å². The molecule has 1 aromatic rings. The van der Waals surface area contributed by atoms with Crippen molar-refractivity contribution < 1.29 is 0 Å². The van der Waals surface area contributed by atoms with Gasteiger partial charge < -0.3 is 4.90 Å². The smallest absolute Gasteiger partial charge is 0.211 e. The highest BCUT2D eigenvalue weighted by atomic mass is 32.4. The summed E-state index contributed by atoms with van der Waals surface area (Å²) in [5.74, 6) is 0. The summed E-state index contributed by atoms with van der Waals surface area (Å²) in [5.41, 5.74) is 0. The Balaban J connectivity index is 3.25. The lowest BCUT2D eigenvalue weighted by Crippen LogP contribution is -2.36. The molecule has 1 heterocycles. The number of aromatic nitrogens is 1. The molecule has 0 amide bonds. The van der Waals surface area contributed by atoms with Crippen LogP contribution < -0.4 is 4.62 Å². The van der Waals surface area contributed by atoms with Crippen molar-refractivity contribution in [1.29, 1.82) is 0 Å². The second-order valence-corrected chi connectivity index (χ2v) is 10.6. The molecule has 0 unspecified atom stereocenters. The summed E-state index contributed by atoms with van der Waals surface area (Å²) < 4.78 is 6.02. The number of hydrogen-bond acceptors (Lipinski definition) is 4. The Morgan fingerprint density at radius 1 is 1.14 bits per heavy atom. The number of thiazole rings is 1. The van der Waals surface area contributed by atoms with Crippen molar-refractivity contribution >= 4 is 45.6 Å². The molecule has 0 spiro atoms. The molecule has 0 aromatic carbocycles. The van der Waals surface area contributed by atoms with Crippen molar-refractivity contribution in [3.05, 3.63) is 6.20 Å². The summed E-state index contributed by atoms with van der Waals surface area (Å²) in [6.07, 6.45) is 1.76. The molecular formula is C14H28N5PS2. The number of aliphatic imine (C=N–C) groups is 1. The van der Waals surface area contributed by atoms with Crippen molar-refractivity contribution in [1.82, 2.24) is 19.2 Å². The molecule has 0 aliphatic heterocycles. The molecule has 0 atom stereocenters. The summed E-state index contributed by atoms with van der Waals surface area (Å²) in [5, 5.41) is 0.775. The summed E-state index contributed by atoms with van der Waals surface area (Å²) >= 11 is 7.85. The van der Waals surface area contributed by atoms with Gasteiger partial charge in [-0.25, -0.2) is 9.98 Å². The van der Waals surface area contributed by atoms with E-state index in [1.807, 2.05) is 25.2 Å². The van der Waals surface area contributed by atoms with Crippen LogP contribution in [-0.2, 0) is 11.8 Å². The number of hydrogen-bond donors (Lipinski definition) is 0. The Labute approximate surface area is 144 Å². The third-order valence-electron chi connectivity index (χ3n) is 3.39. The third-order valence-corrected chi connectivity index (χ3v) is 10.8. The Morgan fingerprint density at radius 3 is 2.05 bits per heavy atom. The molecule has 0 aliphatic carbocycles. The zero-order valence-electron chi connectivity index (χ0n) is 14.5. The van der Waals surface area contributed by atoms with E-state index in [2.05, 4.69) is 47.0 Å². The number of rotatable bonds is 9. The van der Waals surface area contributed by atoms with E-state index in [1.165, 1.54) is 4.62 Å². The van der Waals surface area contributed by atoms with Crippen molar-refractivity contribution in [2.45, 2.75) is 27.7 Å². The first-order chi connectivity index (χ1) is 10.4. The van der Waals surface area contributed by atoms with Crippen LogP contribution in [0.1, 0.15) is 27.7 Å². The van der Waals surface area contributed by atoms with Crippen LogP contribution in [0.4, 0.5) is 5.13 Å². The molecule has 1 aromatic heterocycles. The normalized spacial score (nSPS) is 12.7. The van der Waals surface area contributed by atoms with Crippen molar-refractivity contribution in [2.75, 3.05) is 40.3 Å². The highest BCUT2D eigenvalue weighted by Gasteiger charge is 2.33. The molecule has 0 saturated carbocycles. The second kappa shape index (κ2) is 9.08. The van der Waals surface area contributed by atoms with Gasteiger partial charge in [-0.2, -0.15) is 0 Å². The van der Waals surface area contributed by atoms with Crippen LogP contribution in [0.5, 0.6) is 0 Å². The Kier molecular flexibility index (Phi) is 8.14. The van der Waals surface area contributed by atoms with E-state index in [0.717, 1.165) is 31.3 Å². The summed E-state index contributed by atoms with van der Waals surface area (Å²) in [7, 11) is 3.91. The third kappa shape index (κ3) is 4.36. The molecule has 5 nitrogen and oxygen atoms in total. The predicted octanol–water partition coefficient (Wildman–Crippen LogP) is 2.98. The van der Waals surface area contributed by atoms with Gasteiger partial charge in [-0.1, -0.05) is 50.8 Å². The molecule has 0 aliphatic rings. The highest BCUT2D eigenvalue weighted by molar-refractivity contribution is 8.17. The van der Waals surface area contributed by atoms with Gasteiger partial charge in [0.1, 0.15) is 6.34 Å². The van der Waals surface area contributed by atoms with Crippen LogP contribution in [0.25, 0.3) is 0 Å². The molecule has 8 heteroatoms. The fourth-order valence-electron chi connectivity index (χ4n) is 2.29. The number of nitrogens with zero attached hydrogens (tertiary/aromatic N) is 5. The van der Waals surface area contributed by atoms with E-state index in [-0.39, 0.29) is 0 Å². The van der Waals surface area contributed by atoms with Crippen molar-refractivity contribution in [3.8, 4) is 0 Å². The minimum atomic E-state index is -1.95. The Morgan fingerprint density at radius 2 is 1.64 bits per heavy atom. The van der Waals surface area contributed by atoms with Gasteiger partial charge in [0.05, 0.1) is 17.2 Å². The van der Waals surface area contributed by atoms with Crippen LogP contribution in [-0.4, -0.2) is 65.8 Å². The molecule has 0 fully saturated rings. The van der Waals surface area contributed by atoms with Crippen LogP contribution in [0.2, 0.25) is 0 Å². The van der Waals surface area contributed by atoms with Crippen molar-refractivity contribution in [3.63, 3.8) is 0 Å². The van der Waals surface area contributed by atoms with E-state index in [1.54, 1.807) is 17.7 Å². The predicted molar refractivity (Wildman–Crippen MR) is 104 cm³/mol. The van der Waals surface area contributed by atoms with Crippen LogP contribution in [0.15, 0.2) is 11.2 Å². The largest absolute Gasteiger partial charge is 0.369 e. The van der Waals surface area contributed by atoms with Crippen LogP contribution in [0, 0.1) is 0 Å². The van der Waals surface area contributed by atoms with E-state index >= 15 is 0 Å². The topological polar surface area (TPSA) is 35.0 Å². The van der Waals surface area contributed by atoms with Gasteiger partial charge in [0.2, 0.25) is 5.13 Å². The molecular weight excluding hydrogens is 333 g/mol. The minimum Gasteiger partial charge on any atom is -0.369 e. The van der Waals surface area contributed by atoms with E-state index in [4.69, 9.17) is 11.8 Å². The van der Waals surface area contributed by atoms with Gasteiger partial charge in [0.15, 0.2) is 0 Å². The molecule has 1 rings (SSSR count). The Bertz CT molecular complexity index is 505. The average Bonchev–Trinajstić information content (AvgIpc) is 2.97. The molecule has 0 bridgehead atoms. The zero-order valence-corrected chi connectivity index (χ0v) is 17.0. The van der Waals surface area contributed by atoms with Crippen molar-refractivity contribution in [2.24, 2.45) is 4.99 Å². The second-order valence-electron chi connectivity index (χ2n) is 5.01. The fourth-order valence-corrected chi connectivity index (χ4v) is 8.72. The minimum absolute atomic E-state index is 0.775. The quantitative estimate of drug-likeness (QED) is 0.384. The first-order valence-corrected chi connectivity index (χ1v) is 11.2.